The number of pyridine rings is 1. The summed E-state index contributed by atoms with van der Waals surface area (Å²) in [6.45, 7) is 0.669. The van der Waals surface area contributed by atoms with Gasteiger partial charge in [0.15, 0.2) is 0 Å². The Labute approximate surface area is 154 Å². The molecule has 0 aliphatic heterocycles. The second-order valence-corrected chi connectivity index (χ2v) is 6.37. The quantitative estimate of drug-likeness (QED) is 0.723. The molecular weight excluding hydrogens is 326 g/mol. The molecule has 1 amide bonds. The lowest BCUT2D eigenvalue weighted by atomic mass is 9.97. The van der Waals surface area contributed by atoms with E-state index in [0.717, 1.165) is 24.3 Å². The third-order valence-corrected chi connectivity index (χ3v) is 4.51. The minimum absolute atomic E-state index is 0.0770. The molecule has 2 N–H and O–H groups in total. The van der Waals surface area contributed by atoms with E-state index in [0.29, 0.717) is 17.9 Å². The summed E-state index contributed by atoms with van der Waals surface area (Å²) in [5.74, 6) is 1.26. The maximum absolute atomic E-state index is 12.4. The van der Waals surface area contributed by atoms with Gasteiger partial charge in [-0.1, -0.05) is 23.8 Å². The molecule has 1 aliphatic rings. The number of ether oxygens (including phenoxy) is 1. The van der Waals surface area contributed by atoms with E-state index in [1.165, 1.54) is 24.8 Å². The molecule has 3 rings (SSSR count). The number of nitrogens with one attached hydrogen (secondary N) is 2. The molecule has 1 aliphatic carbocycles. The fourth-order valence-corrected chi connectivity index (χ4v) is 3.10. The Morgan fingerprint density at radius 2 is 2.12 bits per heavy atom. The van der Waals surface area contributed by atoms with Gasteiger partial charge in [-0.3, -0.25) is 4.79 Å². The smallest absolute Gasteiger partial charge is 0.251 e. The lowest BCUT2D eigenvalue weighted by Crippen LogP contribution is -2.25. The lowest BCUT2D eigenvalue weighted by molar-refractivity contribution is 0.0954. The summed E-state index contributed by atoms with van der Waals surface area (Å²) in [6, 6.07) is 11.1. The molecule has 1 aromatic carbocycles. The predicted molar refractivity (Wildman–Crippen MR) is 104 cm³/mol. The Kier molecular flexibility index (Phi) is 6.25. The summed E-state index contributed by atoms with van der Waals surface area (Å²) >= 11 is 0. The summed E-state index contributed by atoms with van der Waals surface area (Å²) in [5.41, 5.74) is 2.86. The molecule has 26 heavy (non-hydrogen) atoms. The maximum atomic E-state index is 12.4. The normalized spacial score (nSPS) is 13.7. The number of amides is 1. The number of benzene rings is 1. The number of aromatic nitrogens is 1. The highest BCUT2D eigenvalue weighted by Crippen LogP contribution is 2.26. The molecule has 0 bridgehead atoms. The van der Waals surface area contributed by atoms with Crippen molar-refractivity contribution >= 4 is 17.4 Å². The van der Waals surface area contributed by atoms with Gasteiger partial charge in [0.25, 0.3) is 5.91 Å². The molecule has 136 valence electrons. The van der Waals surface area contributed by atoms with E-state index < -0.39 is 0 Å². The van der Waals surface area contributed by atoms with Crippen LogP contribution in [-0.4, -0.2) is 24.5 Å². The first-order valence-electron chi connectivity index (χ1n) is 9.08. The second-order valence-electron chi connectivity index (χ2n) is 6.37. The Morgan fingerprint density at radius 1 is 1.23 bits per heavy atom. The average molecular weight is 351 g/mol. The molecule has 0 spiro atoms. The molecule has 0 atom stereocenters. The molecular formula is C21H25N3O2. The fraction of sp³-hybridized carbons (Fsp3) is 0.333. The molecule has 0 saturated carbocycles. The predicted octanol–water partition coefficient (Wildman–Crippen LogP) is 4.45. The van der Waals surface area contributed by atoms with Gasteiger partial charge in [0, 0.05) is 18.3 Å². The lowest BCUT2D eigenvalue weighted by Gasteiger charge is -2.13. The highest BCUT2D eigenvalue weighted by molar-refractivity contribution is 5.94. The van der Waals surface area contributed by atoms with Crippen molar-refractivity contribution in [3.05, 3.63) is 59.8 Å². The van der Waals surface area contributed by atoms with Crippen LogP contribution in [0.25, 0.3) is 0 Å². The van der Waals surface area contributed by atoms with Crippen molar-refractivity contribution < 1.29 is 9.53 Å². The van der Waals surface area contributed by atoms with Crippen molar-refractivity contribution in [3.8, 4) is 5.75 Å². The average Bonchev–Trinajstić information content (AvgIpc) is 2.69. The number of carbonyl (C=O) groups excluding carboxylic acids is 1. The summed E-state index contributed by atoms with van der Waals surface area (Å²) < 4.78 is 5.33. The number of nitrogens with zero attached hydrogens (tertiary/aromatic N) is 1. The molecule has 0 radical (unpaired) electrons. The third kappa shape index (κ3) is 4.85. The minimum Gasteiger partial charge on any atom is -0.495 e. The van der Waals surface area contributed by atoms with Gasteiger partial charge in [-0.05, 0) is 56.4 Å². The molecule has 0 unspecified atom stereocenters. The van der Waals surface area contributed by atoms with E-state index in [1.807, 2.05) is 24.3 Å². The number of anilines is 2. The van der Waals surface area contributed by atoms with Crippen molar-refractivity contribution in [2.75, 3.05) is 19.0 Å². The minimum atomic E-state index is -0.0770. The van der Waals surface area contributed by atoms with Gasteiger partial charge in [0.2, 0.25) is 0 Å². The van der Waals surface area contributed by atoms with Crippen LogP contribution >= 0.6 is 0 Å². The Morgan fingerprint density at radius 3 is 2.92 bits per heavy atom. The maximum Gasteiger partial charge on any atom is 0.251 e. The van der Waals surface area contributed by atoms with E-state index in [9.17, 15) is 4.79 Å². The van der Waals surface area contributed by atoms with Gasteiger partial charge in [0.1, 0.15) is 11.6 Å². The first kappa shape index (κ1) is 18.0. The Hall–Kier alpha value is -2.82. The zero-order valence-electron chi connectivity index (χ0n) is 15.1. The van der Waals surface area contributed by atoms with Crippen LogP contribution in [0.1, 0.15) is 42.5 Å². The number of hydrogen-bond donors (Lipinski definition) is 2. The molecule has 1 heterocycles. The van der Waals surface area contributed by atoms with Crippen LogP contribution < -0.4 is 15.4 Å². The van der Waals surface area contributed by atoms with Gasteiger partial charge in [-0.2, -0.15) is 0 Å². The van der Waals surface area contributed by atoms with E-state index in [2.05, 4.69) is 21.7 Å². The van der Waals surface area contributed by atoms with Crippen LogP contribution in [0.2, 0.25) is 0 Å². The van der Waals surface area contributed by atoms with Crippen LogP contribution in [0.15, 0.2) is 54.2 Å². The van der Waals surface area contributed by atoms with Gasteiger partial charge < -0.3 is 15.4 Å². The van der Waals surface area contributed by atoms with Crippen LogP contribution in [0.4, 0.5) is 11.5 Å². The molecule has 5 nitrogen and oxygen atoms in total. The topological polar surface area (TPSA) is 63.2 Å². The largest absolute Gasteiger partial charge is 0.495 e. The SMILES string of the molecule is COc1ccccc1Nc1cc(C(=O)NCCC2=CCCCC2)ccn1. The number of rotatable bonds is 7. The Bertz CT molecular complexity index is 786. The molecule has 1 aromatic heterocycles. The fourth-order valence-electron chi connectivity index (χ4n) is 3.10. The van der Waals surface area contributed by atoms with Gasteiger partial charge >= 0.3 is 0 Å². The van der Waals surface area contributed by atoms with Crippen LogP contribution in [0.3, 0.4) is 0 Å². The first-order chi connectivity index (χ1) is 12.8. The van der Waals surface area contributed by atoms with Crippen LogP contribution in [-0.2, 0) is 0 Å². The number of para-hydroxylation sites is 2. The Balaban J connectivity index is 1.59. The summed E-state index contributed by atoms with van der Waals surface area (Å²) in [5, 5.41) is 6.20. The number of methoxy groups -OCH3 is 1. The van der Waals surface area contributed by atoms with E-state index >= 15 is 0 Å². The summed E-state index contributed by atoms with van der Waals surface area (Å²) in [7, 11) is 1.62. The summed E-state index contributed by atoms with van der Waals surface area (Å²) in [4.78, 5) is 16.7. The van der Waals surface area contributed by atoms with Gasteiger partial charge in [0.05, 0.1) is 12.8 Å². The van der Waals surface area contributed by atoms with Crippen LogP contribution in [0.5, 0.6) is 5.75 Å². The standard InChI is InChI=1S/C21H25N3O2/c1-26-19-10-6-5-9-18(19)24-20-15-17(12-14-22-20)21(25)23-13-11-16-7-3-2-4-8-16/h5-7,9-10,12,14-15H,2-4,8,11,13H2,1H3,(H,22,24)(H,23,25). The zero-order chi connectivity index (χ0) is 18.2. The van der Waals surface area contributed by atoms with Gasteiger partial charge in [-0.25, -0.2) is 4.98 Å². The number of carbonyl (C=O) groups is 1. The molecule has 5 heteroatoms. The zero-order valence-corrected chi connectivity index (χ0v) is 15.1. The van der Waals surface area contributed by atoms with Crippen molar-refractivity contribution in [3.63, 3.8) is 0 Å². The van der Waals surface area contributed by atoms with Crippen molar-refractivity contribution in [1.82, 2.24) is 10.3 Å². The highest BCUT2D eigenvalue weighted by Gasteiger charge is 2.09. The summed E-state index contributed by atoms with van der Waals surface area (Å²) in [6.07, 6.45) is 9.78. The molecule has 0 fully saturated rings. The second kappa shape index (κ2) is 9.04. The molecule has 0 saturated heterocycles. The van der Waals surface area contributed by atoms with Crippen molar-refractivity contribution in [2.24, 2.45) is 0 Å². The van der Waals surface area contributed by atoms with E-state index in [4.69, 9.17) is 4.74 Å². The number of hydrogen-bond acceptors (Lipinski definition) is 4. The molecule has 2 aromatic rings. The monoisotopic (exact) mass is 351 g/mol. The van der Waals surface area contributed by atoms with Crippen molar-refractivity contribution in [1.29, 1.82) is 0 Å². The number of allylic oxidation sites excluding steroid dienone is 1. The van der Waals surface area contributed by atoms with Gasteiger partial charge in [-0.15, -0.1) is 0 Å². The van der Waals surface area contributed by atoms with E-state index in [1.54, 1.807) is 25.4 Å². The van der Waals surface area contributed by atoms with Crippen molar-refractivity contribution in [2.45, 2.75) is 32.1 Å². The first-order valence-corrected chi connectivity index (χ1v) is 9.08. The highest BCUT2D eigenvalue weighted by atomic mass is 16.5. The van der Waals surface area contributed by atoms with Crippen LogP contribution in [0, 0.1) is 0 Å². The third-order valence-electron chi connectivity index (χ3n) is 4.51. The van der Waals surface area contributed by atoms with E-state index in [-0.39, 0.29) is 5.91 Å².